The van der Waals surface area contributed by atoms with Gasteiger partial charge >= 0.3 is 0 Å². The summed E-state index contributed by atoms with van der Waals surface area (Å²) >= 11 is 0. The minimum Gasteiger partial charge on any atom is -0.489 e. The Morgan fingerprint density at radius 3 is 2.31 bits per heavy atom. The van der Waals surface area contributed by atoms with Gasteiger partial charge in [0.2, 0.25) is 5.91 Å². The minimum absolute atomic E-state index is 0.424. The highest BCUT2D eigenvalue weighted by Crippen LogP contribution is 2.21. The van der Waals surface area contributed by atoms with Gasteiger partial charge in [-0.1, -0.05) is 30.3 Å². The van der Waals surface area contributed by atoms with Gasteiger partial charge in [-0.25, -0.2) is 13.2 Å². The second-order valence-corrected chi connectivity index (χ2v) is 6.38. The minimum atomic E-state index is -1.63. The average Bonchev–Trinajstić information content (AvgIpc) is 2.74. The van der Waals surface area contributed by atoms with Crippen molar-refractivity contribution in [2.24, 2.45) is 0 Å². The van der Waals surface area contributed by atoms with Gasteiger partial charge in [0, 0.05) is 5.69 Å². The van der Waals surface area contributed by atoms with E-state index in [1.54, 1.807) is 31.2 Å². The summed E-state index contributed by atoms with van der Waals surface area (Å²) in [6, 6.07) is 17.7. The first-order valence-electron chi connectivity index (χ1n) is 8.91. The third kappa shape index (κ3) is 5.28. The lowest BCUT2D eigenvalue weighted by Gasteiger charge is -2.16. The normalized spacial score (nSPS) is 11.6. The van der Waals surface area contributed by atoms with Gasteiger partial charge in [0.1, 0.15) is 18.4 Å². The molecule has 0 aliphatic carbocycles. The van der Waals surface area contributed by atoms with Crippen LogP contribution >= 0.6 is 0 Å². The number of hydrogen-bond acceptors (Lipinski definition) is 3. The molecule has 0 spiro atoms. The van der Waals surface area contributed by atoms with E-state index in [1.807, 2.05) is 30.3 Å². The Balaban J connectivity index is 1.55. The van der Waals surface area contributed by atoms with Gasteiger partial charge in [0.15, 0.2) is 17.5 Å². The summed E-state index contributed by atoms with van der Waals surface area (Å²) in [6.07, 6.45) is 0. The Labute approximate surface area is 166 Å². The molecule has 0 unspecified atom stereocenters. The number of anilines is 2. The van der Waals surface area contributed by atoms with Gasteiger partial charge in [-0.05, 0) is 48.9 Å². The van der Waals surface area contributed by atoms with Crippen LogP contribution in [0.1, 0.15) is 12.5 Å². The fourth-order valence-corrected chi connectivity index (χ4v) is 2.57. The predicted octanol–water partition coefficient (Wildman–Crippen LogP) is 5.12. The maximum atomic E-state index is 13.7. The molecule has 29 heavy (non-hydrogen) atoms. The number of halogens is 3. The van der Waals surface area contributed by atoms with Crippen molar-refractivity contribution in [3.63, 3.8) is 0 Å². The molecule has 4 nitrogen and oxygen atoms in total. The van der Waals surface area contributed by atoms with E-state index in [4.69, 9.17) is 4.74 Å². The molecule has 150 valence electrons. The molecule has 1 atom stereocenters. The molecule has 0 radical (unpaired) electrons. The SMILES string of the molecule is C[C@H](Nc1ccc(OCc2ccccc2)cc1)C(=O)Nc1ccc(F)c(F)c1F. The summed E-state index contributed by atoms with van der Waals surface area (Å²) in [6.45, 7) is 2.00. The lowest BCUT2D eigenvalue weighted by atomic mass is 10.2. The van der Waals surface area contributed by atoms with E-state index in [1.165, 1.54) is 0 Å². The Hall–Kier alpha value is -3.48. The Kier molecular flexibility index (Phi) is 6.39. The molecule has 1 amide bonds. The maximum absolute atomic E-state index is 13.7. The number of rotatable bonds is 7. The zero-order valence-corrected chi connectivity index (χ0v) is 15.6. The van der Waals surface area contributed by atoms with E-state index in [2.05, 4.69) is 10.6 Å². The van der Waals surface area contributed by atoms with Gasteiger partial charge in [0.25, 0.3) is 0 Å². The van der Waals surface area contributed by atoms with E-state index in [9.17, 15) is 18.0 Å². The number of nitrogens with one attached hydrogen (secondary N) is 2. The molecule has 7 heteroatoms. The Morgan fingerprint density at radius 1 is 0.931 bits per heavy atom. The average molecular weight is 400 g/mol. The highest BCUT2D eigenvalue weighted by Gasteiger charge is 2.18. The maximum Gasteiger partial charge on any atom is 0.246 e. The van der Waals surface area contributed by atoms with Crippen LogP contribution < -0.4 is 15.4 Å². The van der Waals surface area contributed by atoms with Crippen molar-refractivity contribution < 1.29 is 22.7 Å². The van der Waals surface area contributed by atoms with Gasteiger partial charge in [-0.3, -0.25) is 4.79 Å². The summed E-state index contributed by atoms with van der Waals surface area (Å²) in [4.78, 5) is 12.2. The monoisotopic (exact) mass is 400 g/mol. The molecule has 3 rings (SSSR count). The van der Waals surface area contributed by atoms with Gasteiger partial charge < -0.3 is 15.4 Å². The summed E-state index contributed by atoms with van der Waals surface area (Å²) < 4.78 is 45.6. The third-order valence-corrected chi connectivity index (χ3v) is 4.17. The molecule has 0 aliphatic heterocycles. The molecular formula is C22H19F3N2O2. The number of carbonyl (C=O) groups excluding carboxylic acids is 1. The zero-order chi connectivity index (χ0) is 20.8. The number of amides is 1. The van der Waals surface area contributed by atoms with Crippen LogP contribution in [0, 0.1) is 17.5 Å². The van der Waals surface area contributed by atoms with Gasteiger partial charge in [-0.2, -0.15) is 0 Å². The van der Waals surface area contributed by atoms with Crippen molar-refractivity contribution >= 4 is 17.3 Å². The molecule has 0 aliphatic rings. The predicted molar refractivity (Wildman–Crippen MR) is 105 cm³/mol. The van der Waals surface area contributed by atoms with Gasteiger partial charge in [-0.15, -0.1) is 0 Å². The summed E-state index contributed by atoms with van der Waals surface area (Å²) in [7, 11) is 0. The molecule has 2 N–H and O–H groups in total. The topological polar surface area (TPSA) is 50.4 Å². The number of hydrogen-bond donors (Lipinski definition) is 2. The third-order valence-electron chi connectivity index (χ3n) is 4.17. The highest BCUT2D eigenvalue weighted by atomic mass is 19.2. The van der Waals surface area contributed by atoms with Crippen LogP contribution in [0.15, 0.2) is 66.7 Å². The van der Waals surface area contributed by atoms with Crippen LogP contribution in [0.25, 0.3) is 0 Å². The van der Waals surface area contributed by atoms with Crippen LogP contribution in [0.3, 0.4) is 0 Å². The van der Waals surface area contributed by atoms with Crippen LogP contribution in [-0.4, -0.2) is 11.9 Å². The molecular weight excluding hydrogens is 381 g/mol. The summed E-state index contributed by atoms with van der Waals surface area (Å²) in [5.41, 5.74) is 1.27. The summed E-state index contributed by atoms with van der Waals surface area (Å²) in [5.74, 6) is -4.32. The summed E-state index contributed by atoms with van der Waals surface area (Å²) in [5, 5.41) is 5.19. The van der Waals surface area contributed by atoms with Crippen molar-refractivity contribution in [3.8, 4) is 5.75 Å². The molecule has 0 saturated carbocycles. The van der Waals surface area contributed by atoms with Crippen molar-refractivity contribution in [2.75, 3.05) is 10.6 Å². The zero-order valence-electron chi connectivity index (χ0n) is 15.6. The largest absolute Gasteiger partial charge is 0.489 e. The highest BCUT2D eigenvalue weighted by molar-refractivity contribution is 5.96. The van der Waals surface area contributed by atoms with Crippen LogP contribution in [0.2, 0.25) is 0 Å². The fraction of sp³-hybridized carbons (Fsp3) is 0.136. The smallest absolute Gasteiger partial charge is 0.246 e. The van der Waals surface area contributed by atoms with Crippen LogP contribution in [0.5, 0.6) is 5.75 Å². The molecule has 0 saturated heterocycles. The number of benzene rings is 3. The first kappa shape index (κ1) is 20.3. The molecule has 0 heterocycles. The molecule has 3 aromatic carbocycles. The second kappa shape index (κ2) is 9.14. The van der Waals surface area contributed by atoms with Crippen molar-refractivity contribution in [1.82, 2.24) is 0 Å². The van der Waals surface area contributed by atoms with Crippen LogP contribution in [0.4, 0.5) is 24.5 Å². The quantitative estimate of drug-likeness (QED) is 0.541. The van der Waals surface area contributed by atoms with Crippen LogP contribution in [-0.2, 0) is 11.4 Å². The van der Waals surface area contributed by atoms with E-state index >= 15 is 0 Å². The molecule has 0 aromatic heterocycles. The van der Waals surface area contributed by atoms with E-state index in [0.29, 0.717) is 18.0 Å². The van der Waals surface area contributed by atoms with Gasteiger partial charge in [0.05, 0.1) is 5.69 Å². The van der Waals surface area contributed by atoms with E-state index in [-0.39, 0.29) is 0 Å². The first-order chi connectivity index (χ1) is 13.9. The molecule has 0 fully saturated rings. The second-order valence-electron chi connectivity index (χ2n) is 6.38. The number of carbonyl (C=O) groups is 1. The van der Waals surface area contributed by atoms with Crippen molar-refractivity contribution in [1.29, 1.82) is 0 Å². The number of ether oxygens (including phenoxy) is 1. The first-order valence-corrected chi connectivity index (χ1v) is 8.91. The standard InChI is InChI=1S/C22H19F3N2O2/c1-14(22(28)27-19-12-11-18(23)20(24)21(19)25)26-16-7-9-17(10-8-16)29-13-15-5-3-2-4-6-15/h2-12,14,26H,13H2,1H3,(H,27,28)/t14-/m0/s1. The van der Waals surface area contributed by atoms with E-state index < -0.39 is 35.1 Å². The Morgan fingerprint density at radius 2 is 1.62 bits per heavy atom. The molecule has 3 aromatic rings. The fourth-order valence-electron chi connectivity index (χ4n) is 2.57. The van der Waals surface area contributed by atoms with E-state index in [0.717, 1.165) is 17.7 Å². The van der Waals surface area contributed by atoms with Crippen molar-refractivity contribution in [3.05, 3.63) is 89.7 Å². The molecule has 0 bridgehead atoms. The van der Waals surface area contributed by atoms with Crippen molar-refractivity contribution in [2.45, 2.75) is 19.6 Å². The Bertz CT molecular complexity index is 979. The lowest BCUT2D eigenvalue weighted by Crippen LogP contribution is -2.32. The lowest BCUT2D eigenvalue weighted by molar-refractivity contribution is -0.116.